The predicted molar refractivity (Wildman–Crippen MR) is 142 cm³/mol. The lowest BCUT2D eigenvalue weighted by molar-refractivity contribution is -0.146. The zero-order chi connectivity index (χ0) is 28.2. The molecule has 0 saturated carbocycles. The van der Waals surface area contributed by atoms with E-state index in [0.29, 0.717) is 28.3 Å². The van der Waals surface area contributed by atoms with Crippen LogP contribution >= 0.6 is 22.9 Å². The number of benzene rings is 3. The second-order valence-corrected chi connectivity index (χ2v) is 10.0. The number of carbonyl (C=O) groups is 2. The second-order valence-electron chi connectivity index (χ2n) is 8.72. The Morgan fingerprint density at radius 2 is 1.62 bits per heavy atom. The van der Waals surface area contributed by atoms with E-state index in [2.05, 4.69) is 5.32 Å². The highest BCUT2D eigenvalue weighted by atomic mass is 35.5. The number of nitrogens with zero attached hydrogens (tertiary/aromatic N) is 1. The zero-order valence-electron chi connectivity index (χ0n) is 20.2. The molecule has 0 spiro atoms. The van der Waals surface area contributed by atoms with E-state index in [0.717, 1.165) is 28.3 Å². The van der Waals surface area contributed by atoms with Gasteiger partial charge >= 0.3 is 12.1 Å². The predicted octanol–water partition coefficient (Wildman–Crippen LogP) is 6.03. The van der Waals surface area contributed by atoms with Crippen LogP contribution in [0.4, 0.5) is 13.2 Å². The highest BCUT2D eigenvalue weighted by Crippen LogP contribution is 2.35. The molecule has 0 bridgehead atoms. The van der Waals surface area contributed by atoms with Gasteiger partial charge in [0.05, 0.1) is 17.8 Å². The number of aliphatic hydroxyl groups excluding tert-OH is 1. The van der Waals surface area contributed by atoms with Crippen LogP contribution in [-0.4, -0.2) is 39.7 Å². The van der Waals surface area contributed by atoms with Crippen LogP contribution in [0.1, 0.15) is 38.0 Å². The van der Waals surface area contributed by atoms with E-state index < -0.39 is 36.3 Å². The molecule has 0 saturated heterocycles. The van der Waals surface area contributed by atoms with E-state index in [1.807, 2.05) is 12.1 Å². The molecule has 1 heterocycles. The van der Waals surface area contributed by atoms with E-state index in [9.17, 15) is 27.9 Å². The molecule has 0 aliphatic rings. The van der Waals surface area contributed by atoms with E-state index >= 15 is 0 Å². The quantitative estimate of drug-likeness (QED) is 0.227. The number of hydrogen-bond acceptors (Lipinski definition) is 5. The number of carbonyl (C=O) groups excluding carboxylic acids is 1. The molecular weight excluding hydrogens is 553 g/mol. The number of carboxylic acid groups (broad SMARTS) is 1. The Hall–Kier alpha value is -3.73. The van der Waals surface area contributed by atoms with Gasteiger partial charge in [0, 0.05) is 27.4 Å². The second kappa shape index (κ2) is 12.0. The molecule has 202 valence electrons. The first-order chi connectivity index (χ1) is 18.5. The highest BCUT2D eigenvalue weighted by molar-refractivity contribution is 7.10. The van der Waals surface area contributed by atoms with Crippen molar-refractivity contribution in [2.24, 2.45) is 0 Å². The summed E-state index contributed by atoms with van der Waals surface area (Å²) < 4.78 is 38.8. The molecule has 3 N–H and O–H groups in total. The van der Waals surface area contributed by atoms with Crippen LogP contribution in [0.2, 0.25) is 5.02 Å². The van der Waals surface area contributed by atoms with E-state index in [4.69, 9.17) is 21.7 Å². The molecule has 11 heteroatoms. The Bertz CT molecular complexity index is 1440. The number of amides is 1. The van der Waals surface area contributed by atoms with Crippen molar-refractivity contribution < 1.29 is 33.0 Å². The van der Waals surface area contributed by atoms with Gasteiger partial charge in [-0.05, 0) is 53.9 Å². The van der Waals surface area contributed by atoms with Gasteiger partial charge in [0.25, 0.3) is 5.91 Å². The minimum Gasteiger partial charge on any atom is -0.479 e. The zero-order valence-corrected chi connectivity index (χ0v) is 21.7. The Morgan fingerprint density at radius 3 is 2.21 bits per heavy atom. The van der Waals surface area contributed by atoms with Crippen molar-refractivity contribution in [3.05, 3.63) is 110 Å². The normalized spacial score (nSPS) is 13.1. The fraction of sp³-hybridized carbons (Fsp3) is 0.179. The number of halogens is 4. The molecule has 4 aromatic rings. The SMILES string of the molecule is O=C(NCC(O)C(=O)O)c1ccc(CC(c2ccc(Cl)cc2)c2nc(-c3ccc(C(F)(F)F)cc3)cs2)cc1. The maximum absolute atomic E-state index is 12.9. The summed E-state index contributed by atoms with van der Waals surface area (Å²) in [5.74, 6) is -2.14. The molecule has 39 heavy (non-hydrogen) atoms. The van der Waals surface area contributed by atoms with Crippen LogP contribution in [0.5, 0.6) is 0 Å². The fourth-order valence-electron chi connectivity index (χ4n) is 3.86. The number of thiazole rings is 1. The largest absolute Gasteiger partial charge is 0.479 e. The fourth-order valence-corrected chi connectivity index (χ4v) is 4.94. The summed E-state index contributed by atoms with van der Waals surface area (Å²) in [6, 6.07) is 18.9. The first-order valence-electron chi connectivity index (χ1n) is 11.7. The lowest BCUT2D eigenvalue weighted by Gasteiger charge is -2.16. The molecule has 4 rings (SSSR count). The molecule has 0 fully saturated rings. The lowest BCUT2D eigenvalue weighted by atomic mass is 9.92. The molecule has 0 aliphatic heterocycles. The number of hydrogen-bond donors (Lipinski definition) is 3. The molecule has 1 amide bonds. The van der Waals surface area contributed by atoms with Crippen LogP contribution in [0.15, 0.2) is 78.2 Å². The van der Waals surface area contributed by atoms with Gasteiger partial charge in [-0.1, -0.05) is 48.0 Å². The molecule has 2 unspecified atom stereocenters. The molecule has 3 aromatic carbocycles. The van der Waals surface area contributed by atoms with Crippen LogP contribution in [0.3, 0.4) is 0 Å². The van der Waals surface area contributed by atoms with Crippen LogP contribution in [-0.2, 0) is 17.4 Å². The number of nitrogens with one attached hydrogen (secondary N) is 1. The highest BCUT2D eigenvalue weighted by Gasteiger charge is 2.30. The summed E-state index contributed by atoms with van der Waals surface area (Å²) >= 11 is 7.48. The number of rotatable bonds is 9. The summed E-state index contributed by atoms with van der Waals surface area (Å²) in [5, 5.41) is 23.6. The summed E-state index contributed by atoms with van der Waals surface area (Å²) in [7, 11) is 0. The number of aromatic nitrogens is 1. The van der Waals surface area contributed by atoms with E-state index in [1.165, 1.54) is 23.5 Å². The van der Waals surface area contributed by atoms with Crippen molar-refractivity contribution in [2.45, 2.75) is 24.6 Å². The molecule has 2 atom stereocenters. The van der Waals surface area contributed by atoms with Crippen molar-refractivity contribution in [1.29, 1.82) is 0 Å². The van der Waals surface area contributed by atoms with Crippen molar-refractivity contribution >= 4 is 34.8 Å². The van der Waals surface area contributed by atoms with Gasteiger partial charge in [-0.25, -0.2) is 9.78 Å². The Morgan fingerprint density at radius 1 is 0.974 bits per heavy atom. The Balaban J connectivity index is 1.55. The minimum absolute atomic E-state index is 0.194. The van der Waals surface area contributed by atoms with Crippen molar-refractivity contribution in [3.8, 4) is 11.3 Å². The van der Waals surface area contributed by atoms with E-state index in [1.54, 1.807) is 41.8 Å². The van der Waals surface area contributed by atoms with Gasteiger partial charge in [-0.15, -0.1) is 11.3 Å². The number of carboxylic acids is 1. The monoisotopic (exact) mass is 574 g/mol. The standard InChI is InChI=1S/C28H22ClF3N2O4S/c29-21-11-7-17(8-12-21)22(13-16-1-3-19(4-2-16)25(36)33-14-24(35)27(37)38)26-34-23(15-39-26)18-5-9-20(10-6-18)28(30,31)32/h1-12,15,22,24,35H,13-14H2,(H,33,36)(H,37,38). The van der Waals surface area contributed by atoms with Crippen LogP contribution < -0.4 is 5.32 Å². The number of aliphatic hydroxyl groups is 1. The maximum atomic E-state index is 12.9. The van der Waals surface area contributed by atoms with Gasteiger partial charge in [0.2, 0.25) is 0 Å². The van der Waals surface area contributed by atoms with Crippen LogP contribution in [0, 0.1) is 0 Å². The smallest absolute Gasteiger partial charge is 0.416 e. The molecule has 6 nitrogen and oxygen atoms in total. The van der Waals surface area contributed by atoms with Gasteiger partial charge in [-0.2, -0.15) is 13.2 Å². The third kappa shape index (κ3) is 7.23. The summed E-state index contributed by atoms with van der Waals surface area (Å²) in [6.07, 6.45) is -5.60. The van der Waals surface area contributed by atoms with Gasteiger partial charge in [0.15, 0.2) is 6.10 Å². The minimum atomic E-state index is -4.42. The molecular formula is C28H22ClF3N2O4S. The Labute approximate surface area is 230 Å². The lowest BCUT2D eigenvalue weighted by Crippen LogP contribution is -2.36. The summed E-state index contributed by atoms with van der Waals surface area (Å²) in [4.78, 5) is 27.8. The molecule has 0 radical (unpaired) electrons. The number of alkyl halides is 3. The molecule has 0 aliphatic carbocycles. The van der Waals surface area contributed by atoms with Gasteiger partial charge in [-0.3, -0.25) is 4.79 Å². The van der Waals surface area contributed by atoms with Gasteiger partial charge < -0.3 is 15.5 Å². The van der Waals surface area contributed by atoms with Crippen molar-refractivity contribution in [2.75, 3.05) is 6.54 Å². The third-order valence-corrected chi connectivity index (χ3v) is 7.21. The summed E-state index contributed by atoms with van der Waals surface area (Å²) in [5.41, 5.74) is 2.55. The maximum Gasteiger partial charge on any atom is 0.416 e. The first kappa shape index (κ1) is 28.3. The third-order valence-electron chi connectivity index (χ3n) is 6.00. The van der Waals surface area contributed by atoms with E-state index in [-0.39, 0.29) is 5.92 Å². The topological polar surface area (TPSA) is 99.5 Å². The average Bonchev–Trinajstić information content (AvgIpc) is 3.40. The van der Waals surface area contributed by atoms with Crippen LogP contribution in [0.25, 0.3) is 11.3 Å². The summed E-state index contributed by atoms with van der Waals surface area (Å²) in [6.45, 7) is -0.417. The number of aliphatic carboxylic acids is 1. The van der Waals surface area contributed by atoms with Gasteiger partial charge in [0.1, 0.15) is 5.01 Å². The molecule has 1 aromatic heterocycles. The van der Waals surface area contributed by atoms with Crippen molar-refractivity contribution in [3.63, 3.8) is 0 Å². The van der Waals surface area contributed by atoms with Crippen molar-refractivity contribution in [1.82, 2.24) is 10.3 Å². The Kier molecular flexibility index (Phi) is 8.69. The average molecular weight is 575 g/mol. The first-order valence-corrected chi connectivity index (χ1v) is 12.9.